The molecule has 0 saturated heterocycles. The van der Waals surface area contributed by atoms with Gasteiger partial charge in [0, 0.05) is 24.8 Å². The number of imidazole rings is 1. The van der Waals surface area contributed by atoms with Gasteiger partial charge in [-0.3, -0.25) is 4.79 Å². The average molecular weight is 347 g/mol. The molecule has 0 bridgehead atoms. The van der Waals surface area contributed by atoms with Crippen LogP contribution in [0.1, 0.15) is 43.5 Å². The summed E-state index contributed by atoms with van der Waals surface area (Å²) in [4.78, 5) is 20.2. The summed E-state index contributed by atoms with van der Waals surface area (Å²) < 4.78 is 0. The van der Waals surface area contributed by atoms with E-state index >= 15 is 0 Å². The SMILES string of the molecule is O=C(CCc1nc2ccccc2[nH]1)NCC1(c2ccccc2)CCCC1. The maximum Gasteiger partial charge on any atom is 0.220 e. The molecule has 1 aromatic heterocycles. The van der Waals surface area contributed by atoms with Gasteiger partial charge in [0.15, 0.2) is 0 Å². The van der Waals surface area contributed by atoms with Crippen molar-refractivity contribution < 1.29 is 4.79 Å². The first-order valence-electron chi connectivity index (χ1n) is 9.51. The molecule has 1 aliphatic carbocycles. The largest absolute Gasteiger partial charge is 0.355 e. The number of nitrogens with zero attached hydrogens (tertiary/aromatic N) is 1. The van der Waals surface area contributed by atoms with Gasteiger partial charge < -0.3 is 10.3 Å². The summed E-state index contributed by atoms with van der Waals surface area (Å²) in [5.74, 6) is 0.979. The Kier molecular flexibility index (Phi) is 4.74. The Morgan fingerprint density at radius 3 is 2.54 bits per heavy atom. The van der Waals surface area contributed by atoms with Crippen molar-refractivity contribution in [1.29, 1.82) is 0 Å². The fourth-order valence-corrected chi connectivity index (χ4v) is 4.12. The van der Waals surface area contributed by atoms with E-state index in [1.54, 1.807) is 0 Å². The van der Waals surface area contributed by atoms with E-state index in [9.17, 15) is 4.79 Å². The van der Waals surface area contributed by atoms with Crippen LogP contribution in [0.25, 0.3) is 11.0 Å². The maximum absolute atomic E-state index is 12.4. The van der Waals surface area contributed by atoms with E-state index < -0.39 is 0 Å². The van der Waals surface area contributed by atoms with Gasteiger partial charge >= 0.3 is 0 Å². The summed E-state index contributed by atoms with van der Waals surface area (Å²) in [5.41, 5.74) is 3.44. The predicted octanol–water partition coefficient (Wildman–Crippen LogP) is 4.12. The summed E-state index contributed by atoms with van der Waals surface area (Å²) in [7, 11) is 0. The van der Waals surface area contributed by atoms with Crippen LogP contribution in [0.4, 0.5) is 0 Å². The molecular weight excluding hydrogens is 322 g/mol. The van der Waals surface area contributed by atoms with Crippen molar-refractivity contribution in [3.63, 3.8) is 0 Å². The van der Waals surface area contributed by atoms with E-state index in [0.29, 0.717) is 12.8 Å². The van der Waals surface area contributed by atoms with Crippen LogP contribution in [0.15, 0.2) is 54.6 Å². The van der Waals surface area contributed by atoms with Gasteiger partial charge in [0.2, 0.25) is 5.91 Å². The first-order valence-corrected chi connectivity index (χ1v) is 9.51. The minimum atomic E-state index is 0.104. The molecule has 1 aliphatic rings. The second-order valence-corrected chi connectivity index (χ2v) is 7.33. The van der Waals surface area contributed by atoms with Crippen molar-refractivity contribution in [2.24, 2.45) is 0 Å². The molecule has 0 radical (unpaired) electrons. The molecule has 1 saturated carbocycles. The van der Waals surface area contributed by atoms with Gasteiger partial charge in [-0.2, -0.15) is 0 Å². The standard InChI is InChI=1S/C22H25N3O/c26-21(13-12-20-24-18-10-4-5-11-19(18)25-20)23-16-22(14-6-7-15-22)17-8-2-1-3-9-17/h1-5,8-11H,6-7,12-16H2,(H,23,26)(H,24,25). The monoisotopic (exact) mass is 347 g/mol. The Hall–Kier alpha value is -2.62. The lowest BCUT2D eigenvalue weighted by molar-refractivity contribution is -0.121. The number of hydrogen-bond acceptors (Lipinski definition) is 2. The second-order valence-electron chi connectivity index (χ2n) is 7.33. The molecular formula is C22H25N3O. The van der Waals surface area contributed by atoms with Crippen LogP contribution in [0.2, 0.25) is 0 Å². The molecule has 4 nitrogen and oxygen atoms in total. The molecule has 2 aromatic carbocycles. The number of benzene rings is 2. The number of fused-ring (bicyclic) bond motifs is 1. The van der Waals surface area contributed by atoms with Crippen LogP contribution in [0.3, 0.4) is 0 Å². The molecule has 4 rings (SSSR count). The lowest BCUT2D eigenvalue weighted by Gasteiger charge is -2.30. The third-order valence-electron chi connectivity index (χ3n) is 5.60. The van der Waals surface area contributed by atoms with E-state index in [0.717, 1.165) is 36.2 Å². The third kappa shape index (κ3) is 3.50. The Bertz CT molecular complexity index is 846. The van der Waals surface area contributed by atoms with Crippen molar-refractivity contribution in [3.8, 4) is 0 Å². The van der Waals surface area contributed by atoms with E-state index in [1.165, 1.54) is 18.4 Å². The fourth-order valence-electron chi connectivity index (χ4n) is 4.12. The van der Waals surface area contributed by atoms with E-state index in [2.05, 4.69) is 45.6 Å². The second kappa shape index (κ2) is 7.32. The fraction of sp³-hybridized carbons (Fsp3) is 0.364. The molecule has 1 amide bonds. The molecule has 3 aromatic rings. The zero-order valence-electron chi connectivity index (χ0n) is 15.0. The number of nitrogens with one attached hydrogen (secondary N) is 2. The van der Waals surface area contributed by atoms with Gasteiger partial charge in [-0.1, -0.05) is 55.3 Å². The Balaban J connectivity index is 1.35. The quantitative estimate of drug-likeness (QED) is 0.704. The number of aromatic amines is 1. The van der Waals surface area contributed by atoms with Gasteiger partial charge in [-0.15, -0.1) is 0 Å². The van der Waals surface area contributed by atoms with Crippen LogP contribution in [0, 0.1) is 0 Å². The van der Waals surface area contributed by atoms with Crippen LogP contribution in [-0.2, 0) is 16.6 Å². The van der Waals surface area contributed by atoms with Crippen LogP contribution in [-0.4, -0.2) is 22.4 Å². The predicted molar refractivity (Wildman–Crippen MR) is 104 cm³/mol. The van der Waals surface area contributed by atoms with Crippen LogP contribution < -0.4 is 5.32 Å². The molecule has 134 valence electrons. The highest BCUT2D eigenvalue weighted by molar-refractivity contribution is 5.77. The topological polar surface area (TPSA) is 57.8 Å². The molecule has 0 aliphatic heterocycles. The lowest BCUT2D eigenvalue weighted by atomic mass is 9.79. The summed E-state index contributed by atoms with van der Waals surface area (Å²) in [6.07, 6.45) is 5.89. The number of aromatic nitrogens is 2. The van der Waals surface area contributed by atoms with Crippen molar-refractivity contribution in [3.05, 3.63) is 66.0 Å². The normalized spacial score (nSPS) is 16.0. The number of hydrogen-bond donors (Lipinski definition) is 2. The first kappa shape index (κ1) is 16.8. The highest BCUT2D eigenvalue weighted by Crippen LogP contribution is 2.40. The van der Waals surface area contributed by atoms with Gasteiger partial charge in [-0.05, 0) is 30.5 Å². The third-order valence-corrected chi connectivity index (χ3v) is 5.60. The zero-order valence-corrected chi connectivity index (χ0v) is 15.0. The van der Waals surface area contributed by atoms with E-state index in [4.69, 9.17) is 0 Å². The van der Waals surface area contributed by atoms with Crippen LogP contribution >= 0.6 is 0 Å². The zero-order chi connectivity index (χ0) is 17.8. The summed E-state index contributed by atoms with van der Waals surface area (Å²) >= 11 is 0. The molecule has 26 heavy (non-hydrogen) atoms. The maximum atomic E-state index is 12.4. The number of amides is 1. The first-order chi connectivity index (χ1) is 12.8. The van der Waals surface area contributed by atoms with Gasteiger partial charge in [0.05, 0.1) is 11.0 Å². The van der Waals surface area contributed by atoms with Crippen molar-refractivity contribution in [1.82, 2.24) is 15.3 Å². The van der Waals surface area contributed by atoms with Crippen molar-refractivity contribution >= 4 is 16.9 Å². The minimum absolute atomic E-state index is 0.104. The highest BCUT2D eigenvalue weighted by Gasteiger charge is 2.35. The average Bonchev–Trinajstić information content (AvgIpc) is 3.33. The molecule has 4 heteroatoms. The number of rotatable bonds is 6. The Morgan fingerprint density at radius 1 is 1.04 bits per heavy atom. The molecule has 0 spiro atoms. The molecule has 0 atom stereocenters. The lowest BCUT2D eigenvalue weighted by Crippen LogP contribution is -2.39. The number of carbonyl (C=O) groups excluding carboxylic acids is 1. The van der Waals surface area contributed by atoms with Gasteiger partial charge in [0.1, 0.15) is 5.82 Å². The van der Waals surface area contributed by atoms with Crippen molar-refractivity contribution in [2.75, 3.05) is 6.54 Å². The van der Waals surface area contributed by atoms with Gasteiger partial charge in [-0.25, -0.2) is 4.98 Å². The number of H-pyrrole nitrogens is 1. The Morgan fingerprint density at radius 2 is 1.77 bits per heavy atom. The van der Waals surface area contributed by atoms with Gasteiger partial charge in [0.25, 0.3) is 0 Å². The van der Waals surface area contributed by atoms with Crippen LogP contribution in [0.5, 0.6) is 0 Å². The Labute approximate surface area is 154 Å². The summed E-state index contributed by atoms with van der Waals surface area (Å²) in [6, 6.07) is 18.6. The van der Waals surface area contributed by atoms with E-state index in [1.807, 2.05) is 24.3 Å². The smallest absolute Gasteiger partial charge is 0.220 e. The summed E-state index contributed by atoms with van der Waals surface area (Å²) in [6.45, 7) is 0.732. The van der Waals surface area contributed by atoms with Crippen molar-refractivity contribution in [2.45, 2.75) is 43.9 Å². The minimum Gasteiger partial charge on any atom is -0.355 e. The molecule has 1 heterocycles. The molecule has 1 fully saturated rings. The number of carbonyl (C=O) groups is 1. The molecule has 0 unspecified atom stereocenters. The number of para-hydroxylation sites is 2. The van der Waals surface area contributed by atoms with E-state index in [-0.39, 0.29) is 11.3 Å². The summed E-state index contributed by atoms with van der Waals surface area (Å²) in [5, 5.41) is 3.19. The highest BCUT2D eigenvalue weighted by atomic mass is 16.1. The molecule has 2 N–H and O–H groups in total. The number of aryl methyl sites for hydroxylation is 1.